The maximum absolute atomic E-state index is 11.9. The normalized spacial score (nSPS) is 10.1. The summed E-state index contributed by atoms with van der Waals surface area (Å²) in [6, 6.07) is 3.00. The second-order valence-electron chi connectivity index (χ2n) is 4.31. The van der Waals surface area contributed by atoms with E-state index in [2.05, 4.69) is 9.97 Å². The fraction of sp³-hybridized carbons (Fsp3) is 0.143. The zero-order chi connectivity index (χ0) is 14.7. The van der Waals surface area contributed by atoms with Crippen LogP contribution in [0.25, 0.3) is 0 Å². The summed E-state index contributed by atoms with van der Waals surface area (Å²) in [7, 11) is 0. The highest BCUT2D eigenvalue weighted by Crippen LogP contribution is 2.18. The third-order valence-corrected chi connectivity index (χ3v) is 2.52. The van der Waals surface area contributed by atoms with Crippen LogP contribution in [0.1, 0.15) is 31.8 Å². The Hall–Kier alpha value is -2.76. The van der Waals surface area contributed by atoms with Gasteiger partial charge < -0.3 is 9.84 Å². The van der Waals surface area contributed by atoms with Crippen molar-refractivity contribution in [2.45, 2.75) is 13.8 Å². The summed E-state index contributed by atoms with van der Waals surface area (Å²) in [5, 5.41) is 9.07. The molecule has 0 aliphatic carbocycles. The molecule has 2 aromatic heterocycles. The van der Waals surface area contributed by atoms with Crippen molar-refractivity contribution in [3.8, 4) is 5.88 Å². The average molecular weight is 272 g/mol. The van der Waals surface area contributed by atoms with Crippen LogP contribution >= 0.6 is 0 Å². The highest BCUT2D eigenvalue weighted by molar-refractivity contribution is 5.94. The zero-order valence-electron chi connectivity index (χ0n) is 11.0. The Labute approximate surface area is 115 Å². The quantitative estimate of drug-likeness (QED) is 0.860. The number of carboxylic acid groups (broad SMARTS) is 1. The number of hydrogen-bond donors (Lipinski definition) is 1. The molecule has 0 aliphatic rings. The van der Waals surface area contributed by atoms with E-state index in [0.29, 0.717) is 5.56 Å². The van der Waals surface area contributed by atoms with Crippen LogP contribution in [0.4, 0.5) is 0 Å². The fourth-order valence-electron chi connectivity index (χ4n) is 1.60. The Morgan fingerprint density at radius 1 is 1.10 bits per heavy atom. The number of carbonyl (C=O) groups is 2. The van der Waals surface area contributed by atoms with E-state index in [0.717, 1.165) is 5.56 Å². The molecule has 2 heterocycles. The van der Waals surface area contributed by atoms with Crippen LogP contribution in [0.5, 0.6) is 5.88 Å². The second-order valence-corrected chi connectivity index (χ2v) is 4.31. The lowest BCUT2D eigenvalue weighted by Crippen LogP contribution is -2.13. The highest BCUT2D eigenvalue weighted by atomic mass is 16.5. The summed E-state index contributed by atoms with van der Waals surface area (Å²) in [6.07, 6.45) is 4.39. The van der Waals surface area contributed by atoms with Crippen LogP contribution in [-0.4, -0.2) is 27.0 Å². The molecule has 0 saturated carbocycles. The molecular weight excluding hydrogens is 260 g/mol. The average Bonchev–Trinajstić information content (AvgIpc) is 2.40. The highest BCUT2D eigenvalue weighted by Gasteiger charge is 2.17. The molecule has 6 nitrogen and oxygen atoms in total. The molecule has 0 spiro atoms. The van der Waals surface area contributed by atoms with Crippen LogP contribution in [-0.2, 0) is 0 Å². The van der Waals surface area contributed by atoms with Gasteiger partial charge in [-0.05, 0) is 37.1 Å². The predicted octanol–water partition coefficient (Wildman–Crippen LogP) is 2.01. The molecule has 0 amide bonds. The Bertz CT molecular complexity index is 683. The maximum Gasteiger partial charge on any atom is 0.346 e. The SMILES string of the molecule is Cc1cncc(C(=O)Oc2ncc(C)cc2C(=O)O)c1. The Morgan fingerprint density at radius 2 is 1.80 bits per heavy atom. The third kappa shape index (κ3) is 2.97. The number of esters is 1. The lowest BCUT2D eigenvalue weighted by molar-refractivity contribution is 0.0677. The van der Waals surface area contributed by atoms with Crippen LogP contribution in [0.15, 0.2) is 30.7 Å². The standard InChI is InChI=1S/C14H12N2O4/c1-8-3-10(7-15-5-8)14(19)20-12-11(13(17)18)4-9(2)6-16-12/h3-7H,1-2H3,(H,17,18). The van der Waals surface area contributed by atoms with E-state index < -0.39 is 11.9 Å². The van der Waals surface area contributed by atoms with E-state index in [9.17, 15) is 9.59 Å². The van der Waals surface area contributed by atoms with Crippen molar-refractivity contribution in [2.75, 3.05) is 0 Å². The van der Waals surface area contributed by atoms with Gasteiger partial charge >= 0.3 is 11.9 Å². The van der Waals surface area contributed by atoms with E-state index in [-0.39, 0.29) is 17.0 Å². The molecule has 0 saturated heterocycles. The van der Waals surface area contributed by atoms with Crippen molar-refractivity contribution in [1.82, 2.24) is 9.97 Å². The van der Waals surface area contributed by atoms with E-state index in [1.165, 1.54) is 18.5 Å². The van der Waals surface area contributed by atoms with Gasteiger partial charge in [0, 0.05) is 18.6 Å². The number of nitrogens with zero attached hydrogens (tertiary/aromatic N) is 2. The summed E-state index contributed by atoms with van der Waals surface area (Å²) in [5.41, 5.74) is 1.55. The van der Waals surface area contributed by atoms with Crippen molar-refractivity contribution in [2.24, 2.45) is 0 Å². The largest absolute Gasteiger partial charge is 0.477 e. The minimum atomic E-state index is -1.20. The fourth-order valence-corrected chi connectivity index (χ4v) is 1.60. The van der Waals surface area contributed by atoms with E-state index in [1.54, 1.807) is 26.1 Å². The Kier molecular flexibility index (Phi) is 3.74. The molecule has 0 unspecified atom stereocenters. The van der Waals surface area contributed by atoms with Gasteiger partial charge in [0.05, 0.1) is 5.56 Å². The number of carbonyl (C=O) groups excluding carboxylic acids is 1. The van der Waals surface area contributed by atoms with E-state index >= 15 is 0 Å². The molecule has 0 fully saturated rings. The first-order valence-corrected chi connectivity index (χ1v) is 5.81. The van der Waals surface area contributed by atoms with Crippen molar-refractivity contribution in [1.29, 1.82) is 0 Å². The van der Waals surface area contributed by atoms with Gasteiger partial charge in [-0.2, -0.15) is 0 Å². The topological polar surface area (TPSA) is 89.4 Å². The van der Waals surface area contributed by atoms with E-state index in [4.69, 9.17) is 9.84 Å². The van der Waals surface area contributed by atoms with Crippen molar-refractivity contribution in [3.63, 3.8) is 0 Å². The van der Waals surface area contributed by atoms with Gasteiger partial charge in [-0.15, -0.1) is 0 Å². The number of pyridine rings is 2. The molecule has 2 aromatic rings. The molecule has 0 aromatic carbocycles. The molecule has 0 bridgehead atoms. The van der Waals surface area contributed by atoms with Crippen LogP contribution in [0.3, 0.4) is 0 Å². The first kappa shape index (κ1) is 13.7. The van der Waals surface area contributed by atoms with Gasteiger partial charge in [0.2, 0.25) is 5.88 Å². The summed E-state index contributed by atoms with van der Waals surface area (Å²) in [5.74, 6) is -2.12. The van der Waals surface area contributed by atoms with Crippen LogP contribution in [0.2, 0.25) is 0 Å². The van der Waals surface area contributed by atoms with Gasteiger partial charge in [0.15, 0.2) is 0 Å². The van der Waals surface area contributed by atoms with Crippen LogP contribution < -0.4 is 4.74 Å². The summed E-state index contributed by atoms with van der Waals surface area (Å²) in [4.78, 5) is 30.8. The number of aryl methyl sites for hydroxylation is 2. The lowest BCUT2D eigenvalue weighted by Gasteiger charge is -2.07. The van der Waals surface area contributed by atoms with Gasteiger partial charge in [0.25, 0.3) is 0 Å². The van der Waals surface area contributed by atoms with Crippen molar-refractivity contribution < 1.29 is 19.4 Å². The maximum atomic E-state index is 11.9. The third-order valence-electron chi connectivity index (χ3n) is 2.52. The summed E-state index contributed by atoms with van der Waals surface area (Å²) in [6.45, 7) is 3.49. The molecule has 0 aliphatic heterocycles. The molecule has 6 heteroatoms. The van der Waals surface area contributed by atoms with E-state index in [1.807, 2.05) is 0 Å². The first-order chi connectivity index (χ1) is 9.47. The number of rotatable bonds is 3. The van der Waals surface area contributed by atoms with Crippen molar-refractivity contribution >= 4 is 11.9 Å². The Morgan fingerprint density at radius 3 is 2.45 bits per heavy atom. The molecule has 0 radical (unpaired) electrons. The van der Waals surface area contributed by atoms with Gasteiger partial charge in [-0.25, -0.2) is 14.6 Å². The summed E-state index contributed by atoms with van der Waals surface area (Å²) >= 11 is 0. The first-order valence-electron chi connectivity index (χ1n) is 5.81. The van der Waals surface area contributed by atoms with Crippen LogP contribution in [0, 0.1) is 13.8 Å². The van der Waals surface area contributed by atoms with Crippen molar-refractivity contribution in [3.05, 3.63) is 53.0 Å². The monoisotopic (exact) mass is 272 g/mol. The number of aromatic nitrogens is 2. The zero-order valence-corrected chi connectivity index (χ0v) is 11.0. The molecule has 1 N–H and O–H groups in total. The molecule has 20 heavy (non-hydrogen) atoms. The predicted molar refractivity (Wildman–Crippen MR) is 69.9 cm³/mol. The second kappa shape index (κ2) is 5.48. The minimum absolute atomic E-state index is 0.154. The molecular formula is C14H12N2O4. The smallest absolute Gasteiger partial charge is 0.346 e. The lowest BCUT2D eigenvalue weighted by atomic mass is 10.2. The number of aromatic carboxylic acids is 1. The molecule has 102 valence electrons. The van der Waals surface area contributed by atoms with Gasteiger partial charge in [-0.3, -0.25) is 4.98 Å². The molecule has 2 rings (SSSR count). The summed E-state index contributed by atoms with van der Waals surface area (Å²) < 4.78 is 5.03. The number of hydrogen-bond acceptors (Lipinski definition) is 5. The minimum Gasteiger partial charge on any atom is -0.477 e. The Balaban J connectivity index is 2.30. The van der Waals surface area contributed by atoms with Gasteiger partial charge in [0.1, 0.15) is 5.56 Å². The van der Waals surface area contributed by atoms with Gasteiger partial charge in [-0.1, -0.05) is 0 Å². The number of carboxylic acids is 1. The number of ether oxygens (including phenoxy) is 1. The molecule has 0 atom stereocenters.